The number of benzene rings is 1. The van der Waals surface area contributed by atoms with Crippen LogP contribution in [0.1, 0.15) is 5.69 Å². The van der Waals surface area contributed by atoms with Gasteiger partial charge in [0.05, 0.1) is 29.7 Å². The fourth-order valence-electron chi connectivity index (χ4n) is 2.08. The minimum absolute atomic E-state index is 0.154. The van der Waals surface area contributed by atoms with Gasteiger partial charge in [0.2, 0.25) is 5.91 Å². The topological polar surface area (TPSA) is 67.8 Å². The monoisotopic (exact) mass is 324 g/mol. The summed E-state index contributed by atoms with van der Waals surface area (Å²) in [4.78, 5) is 24.4. The molecule has 23 heavy (non-hydrogen) atoms. The van der Waals surface area contributed by atoms with E-state index in [1.54, 1.807) is 42.7 Å². The number of nitrogens with zero attached hydrogens (tertiary/aromatic N) is 3. The predicted octanol–water partition coefficient (Wildman–Crippen LogP) is 3.37. The number of aromatic nitrogens is 3. The Balaban J connectivity index is 1.72. The number of hydrogen-bond acceptors (Lipinski definition) is 4. The van der Waals surface area contributed by atoms with E-state index in [4.69, 9.17) is 11.6 Å². The van der Waals surface area contributed by atoms with Gasteiger partial charge in [-0.25, -0.2) is 9.97 Å². The summed E-state index contributed by atoms with van der Waals surface area (Å²) in [5, 5.41) is 3.44. The van der Waals surface area contributed by atoms with Gasteiger partial charge in [-0.3, -0.25) is 9.78 Å². The van der Waals surface area contributed by atoms with E-state index in [0.29, 0.717) is 16.4 Å². The van der Waals surface area contributed by atoms with Gasteiger partial charge in [-0.05, 0) is 30.3 Å². The average Bonchev–Trinajstić information content (AvgIpc) is 2.56. The summed E-state index contributed by atoms with van der Waals surface area (Å²) in [7, 11) is 0. The molecule has 0 bridgehead atoms. The van der Waals surface area contributed by atoms with Crippen LogP contribution in [0.4, 0.5) is 5.69 Å². The summed E-state index contributed by atoms with van der Waals surface area (Å²) in [6.07, 6.45) is 4.87. The van der Waals surface area contributed by atoms with Gasteiger partial charge < -0.3 is 5.32 Å². The molecule has 0 aliphatic rings. The molecule has 0 atom stereocenters. The predicted molar refractivity (Wildman–Crippen MR) is 89.0 cm³/mol. The maximum Gasteiger partial charge on any atom is 0.230 e. The zero-order valence-corrected chi connectivity index (χ0v) is 12.9. The molecule has 1 amide bonds. The van der Waals surface area contributed by atoms with Gasteiger partial charge in [0.25, 0.3) is 0 Å². The highest BCUT2D eigenvalue weighted by molar-refractivity contribution is 6.30. The number of hydrogen-bond donors (Lipinski definition) is 1. The molecule has 2 heterocycles. The Hall–Kier alpha value is -2.79. The zero-order valence-electron chi connectivity index (χ0n) is 12.1. The Bertz CT molecular complexity index is 806. The first kappa shape index (κ1) is 15.1. The molecule has 2 aromatic heterocycles. The van der Waals surface area contributed by atoms with E-state index in [0.717, 1.165) is 11.3 Å². The Morgan fingerprint density at radius 2 is 1.96 bits per heavy atom. The summed E-state index contributed by atoms with van der Waals surface area (Å²) in [6, 6.07) is 12.7. The number of anilines is 1. The lowest BCUT2D eigenvalue weighted by Crippen LogP contribution is -2.15. The molecule has 0 radical (unpaired) electrons. The van der Waals surface area contributed by atoms with E-state index in [9.17, 15) is 4.79 Å². The average molecular weight is 325 g/mol. The maximum atomic E-state index is 12.1. The second-order valence-corrected chi connectivity index (χ2v) is 5.30. The largest absolute Gasteiger partial charge is 0.324 e. The molecule has 0 aliphatic heterocycles. The van der Waals surface area contributed by atoms with E-state index in [2.05, 4.69) is 20.3 Å². The number of rotatable bonds is 4. The van der Waals surface area contributed by atoms with Gasteiger partial charge in [-0.2, -0.15) is 0 Å². The third-order valence-corrected chi connectivity index (χ3v) is 3.40. The van der Waals surface area contributed by atoms with Gasteiger partial charge in [0, 0.05) is 16.8 Å². The first-order valence-electron chi connectivity index (χ1n) is 6.97. The lowest BCUT2D eigenvalue weighted by atomic mass is 10.1. The SMILES string of the molecule is O=C(Cc1cc(-c2ccc(Cl)cc2)ncn1)Nc1cccnc1. The van der Waals surface area contributed by atoms with Crippen molar-refractivity contribution in [2.75, 3.05) is 5.32 Å². The quantitative estimate of drug-likeness (QED) is 0.799. The molecule has 3 aromatic rings. The number of pyridine rings is 1. The highest BCUT2D eigenvalue weighted by atomic mass is 35.5. The van der Waals surface area contributed by atoms with Crippen LogP contribution in [0, 0.1) is 0 Å². The van der Waals surface area contributed by atoms with Crippen LogP contribution in [-0.4, -0.2) is 20.9 Å². The fraction of sp³-hybridized carbons (Fsp3) is 0.0588. The number of amides is 1. The van der Waals surface area contributed by atoms with Crippen molar-refractivity contribution in [1.29, 1.82) is 0 Å². The van der Waals surface area contributed by atoms with Crippen LogP contribution in [0.3, 0.4) is 0 Å². The van der Waals surface area contributed by atoms with E-state index >= 15 is 0 Å². The Morgan fingerprint density at radius 1 is 1.13 bits per heavy atom. The molecule has 5 nitrogen and oxygen atoms in total. The van der Waals surface area contributed by atoms with Gasteiger partial charge in [0.15, 0.2) is 0 Å². The molecule has 0 saturated heterocycles. The standard InChI is InChI=1S/C17H13ClN4O/c18-13-5-3-12(4-6-13)16-8-15(20-11-21-16)9-17(23)22-14-2-1-7-19-10-14/h1-8,10-11H,9H2,(H,22,23). The molecule has 0 saturated carbocycles. The summed E-state index contributed by atoms with van der Waals surface area (Å²) in [5.74, 6) is -0.154. The molecule has 6 heteroatoms. The number of carbonyl (C=O) groups is 1. The molecule has 0 spiro atoms. The van der Waals surface area contributed by atoms with Crippen molar-refractivity contribution in [2.24, 2.45) is 0 Å². The lowest BCUT2D eigenvalue weighted by Gasteiger charge is -2.06. The van der Waals surface area contributed by atoms with Crippen molar-refractivity contribution in [3.05, 3.63) is 71.9 Å². The second-order valence-electron chi connectivity index (χ2n) is 4.87. The minimum Gasteiger partial charge on any atom is -0.324 e. The lowest BCUT2D eigenvalue weighted by molar-refractivity contribution is -0.115. The molecule has 114 valence electrons. The van der Waals surface area contributed by atoms with Crippen LogP contribution in [0.25, 0.3) is 11.3 Å². The van der Waals surface area contributed by atoms with E-state index in [-0.39, 0.29) is 12.3 Å². The molecular formula is C17H13ClN4O. The normalized spacial score (nSPS) is 10.3. The van der Waals surface area contributed by atoms with Crippen LogP contribution in [0.15, 0.2) is 61.2 Å². The third-order valence-electron chi connectivity index (χ3n) is 3.15. The smallest absolute Gasteiger partial charge is 0.230 e. The first-order chi connectivity index (χ1) is 11.2. The van der Waals surface area contributed by atoms with Crippen LogP contribution in [-0.2, 0) is 11.2 Å². The van der Waals surface area contributed by atoms with Crippen molar-refractivity contribution >= 4 is 23.2 Å². The zero-order chi connectivity index (χ0) is 16.1. The van der Waals surface area contributed by atoms with Gasteiger partial charge in [0.1, 0.15) is 6.33 Å². The van der Waals surface area contributed by atoms with Gasteiger partial charge in [-0.1, -0.05) is 23.7 Å². The van der Waals surface area contributed by atoms with Crippen molar-refractivity contribution < 1.29 is 4.79 Å². The summed E-state index contributed by atoms with van der Waals surface area (Å²) >= 11 is 5.89. The molecule has 0 fully saturated rings. The number of halogens is 1. The molecule has 0 unspecified atom stereocenters. The van der Waals surface area contributed by atoms with Crippen molar-refractivity contribution in [2.45, 2.75) is 6.42 Å². The molecule has 0 aliphatic carbocycles. The van der Waals surface area contributed by atoms with Crippen molar-refractivity contribution in [3.63, 3.8) is 0 Å². The van der Waals surface area contributed by atoms with Crippen molar-refractivity contribution in [1.82, 2.24) is 15.0 Å². The van der Waals surface area contributed by atoms with E-state index < -0.39 is 0 Å². The van der Waals surface area contributed by atoms with Crippen LogP contribution < -0.4 is 5.32 Å². The Labute approximate surface area is 138 Å². The highest BCUT2D eigenvalue weighted by Crippen LogP contribution is 2.19. The summed E-state index contributed by atoms with van der Waals surface area (Å²) in [5.41, 5.74) is 2.97. The first-order valence-corrected chi connectivity index (χ1v) is 7.35. The molecule has 1 N–H and O–H groups in total. The molecule has 1 aromatic carbocycles. The highest BCUT2D eigenvalue weighted by Gasteiger charge is 2.08. The minimum atomic E-state index is -0.154. The fourth-order valence-corrected chi connectivity index (χ4v) is 2.21. The van der Waals surface area contributed by atoms with E-state index in [1.807, 2.05) is 12.1 Å². The third kappa shape index (κ3) is 4.11. The number of carbonyl (C=O) groups excluding carboxylic acids is 1. The second kappa shape index (κ2) is 6.98. The van der Waals surface area contributed by atoms with Crippen LogP contribution in [0.2, 0.25) is 5.02 Å². The summed E-state index contributed by atoms with van der Waals surface area (Å²) in [6.45, 7) is 0. The van der Waals surface area contributed by atoms with Gasteiger partial charge >= 0.3 is 0 Å². The number of nitrogens with one attached hydrogen (secondary N) is 1. The maximum absolute atomic E-state index is 12.1. The summed E-state index contributed by atoms with van der Waals surface area (Å²) < 4.78 is 0. The van der Waals surface area contributed by atoms with Crippen molar-refractivity contribution in [3.8, 4) is 11.3 Å². The van der Waals surface area contributed by atoms with Crippen LogP contribution in [0.5, 0.6) is 0 Å². The Morgan fingerprint density at radius 3 is 2.70 bits per heavy atom. The molecular weight excluding hydrogens is 312 g/mol. The van der Waals surface area contributed by atoms with Gasteiger partial charge in [-0.15, -0.1) is 0 Å². The Kier molecular flexibility index (Phi) is 4.59. The van der Waals surface area contributed by atoms with E-state index in [1.165, 1.54) is 6.33 Å². The molecule has 3 rings (SSSR count). The van der Waals surface area contributed by atoms with Crippen LogP contribution >= 0.6 is 11.6 Å².